The molecule has 0 saturated heterocycles. The smallest absolute Gasteiger partial charge is 0.387 e. The van der Waals surface area contributed by atoms with E-state index in [1.54, 1.807) is 30.3 Å². The Morgan fingerprint density at radius 1 is 1.19 bits per heavy atom. The highest BCUT2D eigenvalue weighted by Crippen LogP contribution is 2.31. The summed E-state index contributed by atoms with van der Waals surface area (Å²) in [5, 5.41) is 0.475. The minimum absolute atomic E-state index is 0.0214. The Morgan fingerprint density at radius 2 is 2.00 bits per heavy atom. The van der Waals surface area contributed by atoms with Crippen molar-refractivity contribution in [2.75, 3.05) is 7.11 Å². The molecule has 0 amide bonds. The molecule has 5 nitrogen and oxygen atoms in total. The lowest BCUT2D eigenvalue weighted by molar-refractivity contribution is -0.129. The van der Waals surface area contributed by atoms with Gasteiger partial charge in [-0.05, 0) is 42.0 Å². The van der Waals surface area contributed by atoms with Crippen LogP contribution in [0.5, 0.6) is 11.5 Å². The fraction of sp³-hybridized carbons (Fsp3) is 0.111. The van der Waals surface area contributed by atoms with Crippen molar-refractivity contribution in [2.24, 2.45) is 4.99 Å². The minimum Gasteiger partial charge on any atom is -0.493 e. The van der Waals surface area contributed by atoms with Gasteiger partial charge in [-0.2, -0.15) is 8.78 Å². The van der Waals surface area contributed by atoms with E-state index in [2.05, 4.69) is 9.73 Å². The molecule has 1 heterocycles. The van der Waals surface area contributed by atoms with Crippen molar-refractivity contribution in [2.45, 2.75) is 6.61 Å². The van der Waals surface area contributed by atoms with E-state index in [0.29, 0.717) is 16.1 Å². The normalized spacial score (nSPS) is 15.2. The van der Waals surface area contributed by atoms with Gasteiger partial charge >= 0.3 is 12.6 Å². The topological polar surface area (TPSA) is 57.1 Å². The molecular formula is C18H12ClF2NO4. The van der Waals surface area contributed by atoms with Crippen LogP contribution in [0.1, 0.15) is 11.1 Å². The number of hydrogen-bond donors (Lipinski definition) is 0. The molecule has 0 aromatic heterocycles. The van der Waals surface area contributed by atoms with Crippen molar-refractivity contribution in [3.05, 3.63) is 64.3 Å². The second-order valence-electron chi connectivity index (χ2n) is 5.14. The van der Waals surface area contributed by atoms with E-state index >= 15 is 0 Å². The van der Waals surface area contributed by atoms with Crippen LogP contribution in [0.3, 0.4) is 0 Å². The summed E-state index contributed by atoms with van der Waals surface area (Å²) in [6.45, 7) is -3.00. The predicted molar refractivity (Wildman–Crippen MR) is 91.7 cm³/mol. The summed E-state index contributed by atoms with van der Waals surface area (Å²) in [5.74, 6) is -0.555. The summed E-state index contributed by atoms with van der Waals surface area (Å²) in [5.41, 5.74) is 0.989. The number of ether oxygens (including phenoxy) is 3. The lowest BCUT2D eigenvalue weighted by Crippen LogP contribution is -2.05. The molecule has 0 unspecified atom stereocenters. The van der Waals surface area contributed by atoms with Crippen molar-refractivity contribution < 1.29 is 27.8 Å². The maximum Gasteiger partial charge on any atom is 0.387 e. The third-order valence-corrected chi connectivity index (χ3v) is 3.63. The Balaban J connectivity index is 1.93. The van der Waals surface area contributed by atoms with Crippen LogP contribution in [0.15, 0.2) is 53.2 Å². The largest absolute Gasteiger partial charge is 0.493 e. The average molecular weight is 380 g/mol. The monoisotopic (exact) mass is 379 g/mol. The molecule has 134 valence electrons. The summed E-state index contributed by atoms with van der Waals surface area (Å²) in [4.78, 5) is 16.2. The van der Waals surface area contributed by atoms with Crippen LogP contribution < -0.4 is 9.47 Å². The summed E-state index contributed by atoms with van der Waals surface area (Å²) in [7, 11) is 1.34. The first-order chi connectivity index (χ1) is 12.5. The number of benzene rings is 2. The Morgan fingerprint density at radius 3 is 2.69 bits per heavy atom. The van der Waals surface area contributed by atoms with Gasteiger partial charge in [0.25, 0.3) is 0 Å². The molecule has 0 atom stereocenters. The lowest BCUT2D eigenvalue weighted by Gasteiger charge is -2.10. The number of halogens is 3. The zero-order valence-electron chi connectivity index (χ0n) is 13.4. The quantitative estimate of drug-likeness (QED) is 0.574. The van der Waals surface area contributed by atoms with E-state index in [-0.39, 0.29) is 23.1 Å². The van der Waals surface area contributed by atoms with Gasteiger partial charge in [-0.1, -0.05) is 23.7 Å². The first-order valence-electron chi connectivity index (χ1n) is 7.37. The van der Waals surface area contributed by atoms with Crippen LogP contribution in [0.25, 0.3) is 6.08 Å². The number of esters is 1. The number of carbonyl (C=O) groups excluding carboxylic acids is 1. The Bertz CT molecular complexity index is 912. The highest BCUT2D eigenvalue weighted by Gasteiger charge is 2.24. The molecule has 1 aliphatic rings. The van der Waals surface area contributed by atoms with Gasteiger partial charge in [0.2, 0.25) is 5.90 Å². The molecule has 2 aromatic rings. The van der Waals surface area contributed by atoms with E-state index in [9.17, 15) is 13.6 Å². The number of aliphatic imine (C=N–C) groups is 1. The van der Waals surface area contributed by atoms with Gasteiger partial charge in [-0.3, -0.25) is 0 Å². The number of rotatable bonds is 5. The van der Waals surface area contributed by atoms with E-state index in [0.717, 1.165) is 0 Å². The van der Waals surface area contributed by atoms with Gasteiger partial charge < -0.3 is 14.2 Å². The molecule has 2 aromatic carbocycles. The molecule has 26 heavy (non-hydrogen) atoms. The number of methoxy groups -OCH3 is 1. The average Bonchev–Trinajstić information content (AvgIpc) is 2.95. The van der Waals surface area contributed by atoms with Crippen molar-refractivity contribution >= 4 is 29.5 Å². The Labute approximate surface area is 152 Å². The molecular weight excluding hydrogens is 368 g/mol. The molecule has 1 aliphatic heterocycles. The Hall–Kier alpha value is -2.93. The predicted octanol–water partition coefficient (Wildman–Crippen LogP) is 4.29. The fourth-order valence-corrected chi connectivity index (χ4v) is 2.47. The van der Waals surface area contributed by atoms with Gasteiger partial charge in [-0.15, -0.1) is 0 Å². The highest BCUT2D eigenvalue weighted by molar-refractivity contribution is 6.31. The van der Waals surface area contributed by atoms with Gasteiger partial charge in [-0.25, -0.2) is 9.79 Å². The molecule has 0 spiro atoms. The number of nitrogens with zero attached hydrogens (tertiary/aromatic N) is 1. The van der Waals surface area contributed by atoms with E-state index < -0.39 is 12.6 Å². The zero-order valence-corrected chi connectivity index (χ0v) is 14.2. The molecule has 0 N–H and O–H groups in total. The van der Waals surface area contributed by atoms with Crippen LogP contribution in [-0.4, -0.2) is 25.6 Å². The summed E-state index contributed by atoms with van der Waals surface area (Å²) in [6.07, 6.45) is 1.40. The van der Waals surface area contributed by atoms with Crippen molar-refractivity contribution in [1.82, 2.24) is 0 Å². The second kappa shape index (κ2) is 7.53. The standard InChI is InChI=1S/C18H12ClF2NO4/c1-24-14-6-5-10(8-15(14)25-18(20)21)7-13-17(23)26-16(22-13)11-3-2-4-12(19)9-11/h2-9,18H,1H3/b13-7-. The molecule has 0 fully saturated rings. The fourth-order valence-electron chi connectivity index (χ4n) is 2.28. The SMILES string of the molecule is COc1ccc(/C=C2\N=C(c3cccc(Cl)c3)OC2=O)cc1OC(F)F. The molecule has 0 bridgehead atoms. The van der Waals surface area contributed by atoms with Gasteiger partial charge in [0.15, 0.2) is 17.2 Å². The lowest BCUT2D eigenvalue weighted by atomic mass is 10.1. The third kappa shape index (κ3) is 4.00. The highest BCUT2D eigenvalue weighted by atomic mass is 35.5. The van der Waals surface area contributed by atoms with Crippen LogP contribution in [-0.2, 0) is 9.53 Å². The maximum atomic E-state index is 12.5. The van der Waals surface area contributed by atoms with Gasteiger partial charge in [0, 0.05) is 10.6 Å². The van der Waals surface area contributed by atoms with Crippen LogP contribution in [0.2, 0.25) is 5.02 Å². The maximum absolute atomic E-state index is 12.5. The number of alkyl halides is 2. The van der Waals surface area contributed by atoms with Crippen LogP contribution in [0.4, 0.5) is 8.78 Å². The van der Waals surface area contributed by atoms with Gasteiger partial charge in [0.1, 0.15) is 0 Å². The van der Waals surface area contributed by atoms with Crippen LogP contribution >= 0.6 is 11.6 Å². The summed E-state index contributed by atoms with van der Waals surface area (Å²) >= 11 is 5.92. The molecule has 0 saturated carbocycles. The van der Waals surface area contributed by atoms with Crippen LogP contribution in [0, 0.1) is 0 Å². The van der Waals surface area contributed by atoms with Crippen molar-refractivity contribution in [1.29, 1.82) is 0 Å². The molecule has 0 radical (unpaired) electrons. The molecule has 3 rings (SSSR count). The number of hydrogen-bond acceptors (Lipinski definition) is 5. The summed E-state index contributed by atoms with van der Waals surface area (Å²) in [6, 6.07) is 11.0. The first-order valence-corrected chi connectivity index (χ1v) is 7.75. The van der Waals surface area contributed by atoms with Gasteiger partial charge in [0.05, 0.1) is 7.11 Å². The zero-order chi connectivity index (χ0) is 18.7. The van der Waals surface area contributed by atoms with Crippen molar-refractivity contribution in [3.63, 3.8) is 0 Å². The molecule has 0 aliphatic carbocycles. The number of cyclic esters (lactones) is 1. The van der Waals surface area contributed by atoms with E-state index in [4.69, 9.17) is 21.1 Å². The minimum atomic E-state index is -3.00. The Kier molecular flexibility index (Phi) is 5.18. The number of carbonyl (C=O) groups is 1. The second-order valence-corrected chi connectivity index (χ2v) is 5.57. The van der Waals surface area contributed by atoms with E-state index in [1.165, 1.54) is 25.3 Å². The van der Waals surface area contributed by atoms with Crippen molar-refractivity contribution in [3.8, 4) is 11.5 Å². The third-order valence-electron chi connectivity index (χ3n) is 3.40. The molecule has 8 heteroatoms. The summed E-state index contributed by atoms with van der Waals surface area (Å²) < 4.78 is 39.5. The van der Waals surface area contributed by atoms with E-state index in [1.807, 2.05) is 0 Å². The first kappa shape index (κ1) is 17.9.